The van der Waals surface area contributed by atoms with E-state index in [1.807, 2.05) is 24.3 Å². The number of imide groups is 1. The van der Waals surface area contributed by atoms with Crippen LogP contribution in [0.15, 0.2) is 51.8 Å². The molecule has 0 bridgehead atoms. The smallest absolute Gasteiger partial charge is 0.293 e. The Morgan fingerprint density at radius 3 is 2.54 bits per heavy atom. The van der Waals surface area contributed by atoms with Crippen LogP contribution in [-0.2, 0) is 11.3 Å². The van der Waals surface area contributed by atoms with Gasteiger partial charge in [-0.2, -0.15) is 0 Å². The fourth-order valence-corrected chi connectivity index (χ4v) is 3.46. The van der Waals surface area contributed by atoms with E-state index in [-0.39, 0.29) is 34.1 Å². The lowest BCUT2D eigenvalue weighted by Gasteiger charge is -2.13. The van der Waals surface area contributed by atoms with Gasteiger partial charge in [0.2, 0.25) is 0 Å². The Balaban J connectivity index is 1.84. The second-order valence-electron chi connectivity index (χ2n) is 5.11. The normalized spacial score (nSPS) is 16.2. The maximum Gasteiger partial charge on any atom is 0.293 e. The third-order valence-electron chi connectivity index (χ3n) is 3.46. The molecule has 0 saturated carbocycles. The van der Waals surface area contributed by atoms with E-state index in [0.717, 1.165) is 21.8 Å². The molecular weight excluding hydrogens is 394 g/mol. The lowest BCUT2D eigenvalue weighted by atomic mass is 10.2. The summed E-state index contributed by atoms with van der Waals surface area (Å²) in [7, 11) is 0. The molecule has 1 aliphatic heterocycles. The number of rotatable bonds is 3. The van der Waals surface area contributed by atoms with Gasteiger partial charge in [-0.05, 0) is 47.2 Å². The van der Waals surface area contributed by atoms with Crippen molar-refractivity contribution in [3.8, 4) is 11.5 Å². The minimum Gasteiger partial charge on any atom is -0.504 e. The molecule has 24 heavy (non-hydrogen) atoms. The van der Waals surface area contributed by atoms with E-state index in [0.29, 0.717) is 5.56 Å². The van der Waals surface area contributed by atoms with Gasteiger partial charge < -0.3 is 10.2 Å². The lowest BCUT2D eigenvalue weighted by molar-refractivity contribution is -0.123. The molecule has 3 rings (SSSR count). The summed E-state index contributed by atoms with van der Waals surface area (Å²) in [6, 6.07) is 11.6. The molecule has 1 saturated heterocycles. The number of carbonyl (C=O) groups excluding carboxylic acids is 2. The molecule has 0 aromatic heterocycles. The van der Waals surface area contributed by atoms with Crippen LogP contribution in [-0.4, -0.2) is 26.3 Å². The minimum absolute atomic E-state index is 0.185. The third kappa shape index (κ3) is 3.32. The monoisotopic (exact) mass is 405 g/mol. The number of carbonyl (C=O) groups is 2. The van der Waals surface area contributed by atoms with Gasteiger partial charge in [-0.15, -0.1) is 0 Å². The lowest BCUT2D eigenvalue weighted by Crippen LogP contribution is -2.27. The number of aromatic hydroxyl groups is 2. The quantitative estimate of drug-likeness (QED) is 0.593. The zero-order valence-electron chi connectivity index (χ0n) is 12.3. The Hall–Kier alpha value is -2.25. The summed E-state index contributed by atoms with van der Waals surface area (Å²) in [4.78, 5) is 26.1. The van der Waals surface area contributed by atoms with E-state index in [2.05, 4.69) is 15.9 Å². The molecule has 7 heteroatoms. The molecule has 2 aromatic rings. The van der Waals surface area contributed by atoms with Crippen molar-refractivity contribution in [2.75, 3.05) is 0 Å². The first-order valence-corrected chi connectivity index (χ1v) is 8.57. The molecule has 0 spiro atoms. The number of benzene rings is 2. The predicted octanol–water partition coefficient (Wildman–Crippen LogP) is 4.10. The van der Waals surface area contributed by atoms with Crippen molar-refractivity contribution in [1.82, 2.24) is 4.90 Å². The average molecular weight is 406 g/mol. The molecular formula is C17H12BrNO4S. The Bertz CT molecular complexity index is 865. The molecule has 0 radical (unpaired) electrons. The van der Waals surface area contributed by atoms with Gasteiger partial charge in [-0.3, -0.25) is 14.5 Å². The summed E-state index contributed by atoms with van der Waals surface area (Å²) in [6.45, 7) is 0.185. The van der Waals surface area contributed by atoms with Gasteiger partial charge in [0.25, 0.3) is 11.1 Å². The van der Waals surface area contributed by atoms with Crippen LogP contribution in [0.1, 0.15) is 11.1 Å². The second kappa shape index (κ2) is 6.70. The summed E-state index contributed by atoms with van der Waals surface area (Å²) >= 11 is 4.26. The number of phenolic OH excluding ortho intramolecular Hbond substituents is 2. The van der Waals surface area contributed by atoms with Crippen LogP contribution in [0.5, 0.6) is 11.5 Å². The van der Waals surface area contributed by atoms with E-state index >= 15 is 0 Å². The minimum atomic E-state index is -0.381. The maximum absolute atomic E-state index is 12.5. The molecule has 0 aliphatic carbocycles. The molecule has 5 nitrogen and oxygen atoms in total. The summed E-state index contributed by atoms with van der Waals surface area (Å²) in [5.74, 6) is -0.904. The van der Waals surface area contributed by atoms with Crippen LogP contribution in [0, 0.1) is 0 Å². The number of thioether (sulfide) groups is 1. The van der Waals surface area contributed by atoms with Crippen LogP contribution in [0.4, 0.5) is 4.79 Å². The van der Waals surface area contributed by atoms with Crippen LogP contribution in [0.25, 0.3) is 6.08 Å². The standard InChI is InChI=1S/C17H12BrNO4S/c18-12-4-2-1-3-11(12)9-19-16(22)15(24-17(19)23)8-10-5-6-13(20)14(21)7-10/h1-8,20-21H,9H2/b15-8-. The molecule has 122 valence electrons. The highest BCUT2D eigenvalue weighted by Crippen LogP contribution is 2.35. The van der Waals surface area contributed by atoms with Crippen molar-refractivity contribution in [3.63, 3.8) is 0 Å². The molecule has 0 atom stereocenters. The highest BCUT2D eigenvalue weighted by atomic mass is 79.9. The number of phenols is 2. The summed E-state index contributed by atoms with van der Waals surface area (Å²) in [6.07, 6.45) is 1.52. The van der Waals surface area contributed by atoms with E-state index in [9.17, 15) is 19.8 Å². The van der Waals surface area contributed by atoms with Gasteiger partial charge in [0, 0.05) is 4.47 Å². The van der Waals surface area contributed by atoms with Crippen LogP contribution in [0.3, 0.4) is 0 Å². The zero-order valence-corrected chi connectivity index (χ0v) is 14.7. The topological polar surface area (TPSA) is 77.8 Å². The van der Waals surface area contributed by atoms with E-state index < -0.39 is 0 Å². The Labute approximate surface area is 150 Å². The molecule has 1 fully saturated rings. The van der Waals surface area contributed by atoms with Crippen LogP contribution < -0.4 is 0 Å². The number of halogens is 1. The largest absolute Gasteiger partial charge is 0.504 e. The van der Waals surface area contributed by atoms with Gasteiger partial charge in [-0.1, -0.05) is 40.2 Å². The fourth-order valence-electron chi connectivity index (χ4n) is 2.21. The van der Waals surface area contributed by atoms with Crippen LogP contribution in [0.2, 0.25) is 0 Å². The van der Waals surface area contributed by atoms with E-state index in [1.54, 1.807) is 6.07 Å². The maximum atomic E-state index is 12.5. The summed E-state index contributed by atoms with van der Waals surface area (Å²) in [5, 5.41) is 18.5. The average Bonchev–Trinajstić information content (AvgIpc) is 2.80. The van der Waals surface area contributed by atoms with Gasteiger partial charge in [0.1, 0.15) is 0 Å². The fraction of sp³-hybridized carbons (Fsp3) is 0.0588. The molecule has 1 heterocycles. The van der Waals surface area contributed by atoms with Crippen LogP contribution >= 0.6 is 27.7 Å². The zero-order chi connectivity index (χ0) is 17.3. The number of amides is 2. The first-order chi connectivity index (χ1) is 11.5. The Kier molecular flexibility index (Phi) is 4.64. The van der Waals surface area contributed by atoms with Gasteiger partial charge in [0.15, 0.2) is 11.5 Å². The summed E-state index contributed by atoms with van der Waals surface area (Å²) < 4.78 is 0.830. The van der Waals surface area contributed by atoms with Gasteiger partial charge in [-0.25, -0.2) is 0 Å². The van der Waals surface area contributed by atoms with Crippen molar-refractivity contribution in [2.45, 2.75) is 6.54 Å². The summed E-state index contributed by atoms with van der Waals surface area (Å²) in [5.41, 5.74) is 1.36. The first kappa shape index (κ1) is 16.6. The number of hydrogen-bond acceptors (Lipinski definition) is 5. The van der Waals surface area contributed by atoms with Gasteiger partial charge in [0.05, 0.1) is 11.4 Å². The van der Waals surface area contributed by atoms with E-state index in [1.165, 1.54) is 23.1 Å². The molecule has 1 aliphatic rings. The highest BCUT2D eigenvalue weighted by molar-refractivity contribution is 9.10. The molecule has 2 N–H and O–H groups in total. The molecule has 2 aromatic carbocycles. The van der Waals surface area contributed by atoms with Crippen molar-refractivity contribution in [2.24, 2.45) is 0 Å². The number of hydrogen-bond donors (Lipinski definition) is 2. The van der Waals surface area contributed by atoms with Crippen molar-refractivity contribution in [3.05, 3.63) is 63.0 Å². The number of nitrogens with zero attached hydrogens (tertiary/aromatic N) is 1. The molecule has 0 unspecified atom stereocenters. The van der Waals surface area contributed by atoms with E-state index in [4.69, 9.17) is 0 Å². The first-order valence-electron chi connectivity index (χ1n) is 6.96. The third-order valence-corrected chi connectivity index (χ3v) is 5.14. The van der Waals surface area contributed by atoms with Crippen molar-refractivity contribution >= 4 is 44.9 Å². The SMILES string of the molecule is O=C1S/C(=C\c2ccc(O)c(O)c2)C(=O)N1Cc1ccccc1Br. The highest BCUT2D eigenvalue weighted by Gasteiger charge is 2.35. The Morgan fingerprint density at radius 2 is 1.83 bits per heavy atom. The second-order valence-corrected chi connectivity index (χ2v) is 6.95. The predicted molar refractivity (Wildman–Crippen MR) is 95.4 cm³/mol. The molecule has 2 amide bonds. The van der Waals surface area contributed by atoms with Gasteiger partial charge >= 0.3 is 0 Å². The Morgan fingerprint density at radius 1 is 1.08 bits per heavy atom. The van der Waals surface area contributed by atoms with Crippen molar-refractivity contribution in [1.29, 1.82) is 0 Å². The van der Waals surface area contributed by atoms with Crippen molar-refractivity contribution < 1.29 is 19.8 Å².